The van der Waals surface area contributed by atoms with E-state index in [2.05, 4.69) is 0 Å². The molecule has 1 aliphatic rings. The molecule has 0 radical (unpaired) electrons. The number of unbranched alkanes of at least 4 members (excludes halogenated alkanes) is 1. The molecule has 1 saturated heterocycles. The molecule has 4 rings (SSSR count). The highest BCUT2D eigenvalue weighted by atomic mass is 16.7. The van der Waals surface area contributed by atoms with Gasteiger partial charge in [0.2, 0.25) is 18.1 Å². The van der Waals surface area contributed by atoms with Gasteiger partial charge in [-0.2, -0.15) is 0 Å². The first-order valence-electron chi connectivity index (χ1n) is 15.3. The summed E-state index contributed by atoms with van der Waals surface area (Å²) in [5, 5.41) is 0.408. The predicted octanol–water partition coefficient (Wildman–Crippen LogP) is 4.01. The molecule has 14 nitrogen and oxygen atoms in total. The summed E-state index contributed by atoms with van der Waals surface area (Å²) < 4.78 is 51.0. The third kappa shape index (κ3) is 9.47. The van der Waals surface area contributed by atoms with Crippen LogP contribution in [-0.2, 0) is 49.5 Å². The molecule has 0 N–H and O–H groups in total. The Labute approximate surface area is 276 Å². The van der Waals surface area contributed by atoms with Crippen molar-refractivity contribution < 1.29 is 61.5 Å². The maximum atomic E-state index is 13.1. The maximum absolute atomic E-state index is 13.1. The lowest BCUT2D eigenvalue weighted by Crippen LogP contribution is -2.63. The standard InChI is InChI=1S/C34H38O14/c1-6-7-15-40-31-28(42-17-23-11-9-8-10-12-23)25-14-13-24(16-26(25)47-33(31)39)46-34-32(45-22(5)38)30(44-21(4)37)29(43-20(3)36)27(48-34)18-41-19(2)35/h8-14,16,27,29-30,32,34H,6-7,15,17-18H2,1-5H3/t27-,29-,30+,32-,34-/m1/s1. The van der Waals surface area contributed by atoms with Gasteiger partial charge in [-0.05, 0) is 24.1 Å². The van der Waals surface area contributed by atoms with Crippen molar-refractivity contribution in [2.75, 3.05) is 13.2 Å². The van der Waals surface area contributed by atoms with Crippen LogP contribution in [0.15, 0.2) is 57.7 Å². The van der Waals surface area contributed by atoms with E-state index in [0.29, 0.717) is 11.8 Å². The van der Waals surface area contributed by atoms with Gasteiger partial charge < -0.3 is 42.3 Å². The van der Waals surface area contributed by atoms with E-state index in [1.165, 1.54) is 19.1 Å². The Morgan fingerprint density at radius 3 is 2.08 bits per heavy atom. The Morgan fingerprint density at radius 2 is 1.44 bits per heavy atom. The topological polar surface area (TPSA) is 172 Å². The van der Waals surface area contributed by atoms with Crippen LogP contribution >= 0.6 is 0 Å². The molecule has 0 saturated carbocycles. The number of esters is 4. The van der Waals surface area contributed by atoms with Crippen molar-refractivity contribution in [3.05, 3.63) is 64.5 Å². The summed E-state index contributed by atoms with van der Waals surface area (Å²) in [7, 11) is 0. The molecular formula is C34H38O14. The van der Waals surface area contributed by atoms with Crippen LogP contribution in [0.2, 0.25) is 0 Å². The van der Waals surface area contributed by atoms with Crippen LogP contribution in [0.4, 0.5) is 0 Å². The molecule has 1 aromatic heterocycles. The average Bonchev–Trinajstić information content (AvgIpc) is 3.02. The molecule has 1 aliphatic heterocycles. The summed E-state index contributed by atoms with van der Waals surface area (Å²) in [6.45, 7) is 6.52. The fourth-order valence-corrected chi connectivity index (χ4v) is 4.94. The van der Waals surface area contributed by atoms with Gasteiger partial charge in [0.05, 0.1) is 12.0 Å². The number of benzene rings is 2. The van der Waals surface area contributed by atoms with Crippen LogP contribution in [0.1, 0.15) is 53.0 Å². The van der Waals surface area contributed by atoms with E-state index >= 15 is 0 Å². The number of carbonyl (C=O) groups excluding carboxylic acids is 4. The number of rotatable bonds is 14. The quantitative estimate of drug-likeness (QED) is 0.104. The molecule has 3 aromatic rings. The normalized spacial score (nSPS) is 20.3. The van der Waals surface area contributed by atoms with Gasteiger partial charge in [-0.3, -0.25) is 19.2 Å². The molecule has 48 heavy (non-hydrogen) atoms. The van der Waals surface area contributed by atoms with Gasteiger partial charge in [0.15, 0.2) is 18.0 Å². The summed E-state index contributed by atoms with van der Waals surface area (Å²) in [5.74, 6) is -2.79. The van der Waals surface area contributed by atoms with E-state index in [1.807, 2.05) is 37.3 Å². The van der Waals surface area contributed by atoms with Crippen molar-refractivity contribution in [3.8, 4) is 17.2 Å². The van der Waals surface area contributed by atoms with Crippen molar-refractivity contribution in [1.29, 1.82) is 0 Å². The second-order valence-corrected chi connectivity index (χ2v) is 10.9. The lowest BCUT2D eigenvalue weighted by atomic mass is 9.98. The number of fused-ring (bicyclic) bond motifs is 1. The van der Waals surface area contributed by atoms with Crippen molar-refractivity contribution in [2.24, 2.45) is 0 Å². The van der Waals surface area contributed by atoms with E-state index in [-0.39, 0.29) is 36.0 Å². The summed E-state index contributed by atoms with van der Waals surface area (Å²) >= 11 is 0. The molecule has 0 aliphatic carbocycles. The van der Waals surface area contributed by atoms with Gasteiger partial charge in [0, 0.05) is 33.8 Å². The van der Waals surface area contributed by atoms with Gasteiger partial charge in [0.1, 0.15) is 30.7 Å². The number of carbonyl (C=O) groups is 4. The summed E-state index contributed by atoms with van der Waals surface area (Å²) in [4.78, 5) is 61.1. The molecular weight excluding hydrogens is 632 g/mol. The number of ether oxygens (including phenoxy) is 8. The fraction of sp³-hybridized carbons (Fsp3) is 0.441. The van der Waals surface area contributed by atoms with Crippen LogP contribution in [0.3, 0.4) is 0 Å². The smallest absolute Gasteiger partial charge is 0.383 e. The van der Waals surface area contributed by atoms with Gasteiger partial charge >= 0.3 is 29.5 Å². The minimum atomic E-state index is -1.49. The summed E-state index contributed by atoms with van der Waals surface area (Å²) in [5.41, 5.74) is 0.169. The van der Waals surface area contributed by atoms with E-state index in [9.17, 15) is 24.0 Å². The average molecular weight is 671 g/mol. The highest BCUT2D eigenvalue weighted by Crippen LogP contribution is 2.37. The molecule has 0 bridgehead atoms. The third-order valence-electron chi connectivity index (χ3n) is 6.96. The number of hydrogen-bond donors (Lipinski definition) is 0. The van der Waals surface area contributed by atoms with E-state index < -0.39 is 66.8 Å². The monoisotopic (exact) mass is 670 g/mol. The molecule has 0 spiro atoms. The Hall–Kier alpha value is -5.11. The molecule has 0 unspecified atom stereocenters. The fourth-order valence-electron chi connectivity index (χ4n) is 4.94. The zero-order valence-corrected chi connectivity index (χ0v) is 27.3. The Kier molecular flexibility index (Phi) is 12.4. The van der Waals surface area contributed by atoms with E-state index in [4.69, 9.17) is 42.3 Å². The summed E-state index contributed by atoms with van der Waals surface area (Å²) in [6.07, 6.45) is -5.37. The van der Waals surface area contributed by atoms with Gasteiger partial charge in [-0.15, -0.1) is 0 Å². The molecule has 0 amide bonds. The molecule has 14 heteroatoms. The van der Waals surface area contributed by atoms with Crippen LogP contribution in [0, 0.1) is 0 Å². The van der Waals surface area contributed by atoms with Crippen molar-refractivity contribution >= 4 is 34.8 Å². The zero-order valence-electron chi connectivity index (χ0n) is 27.3. The van der Waals surface area contributed by atoms with Crippen LogP contribution < -0.4 is 19.8 Å². The van der Waals surface area contributed by atoms with Crippen LogP contribution in [0.25, 0.3) is 11.0 Å². The first kappa shape index (κ1) is 35.7. The van der Waals surface area contributed by atoms with Crippen molar-refractivity contribution in [3.63, 3.8) is 0 Å². The van der Waals surface area contributed by atoms with Gasteiger partial charge in [0.25, 0.3) is 0 Å². The lowest BCUT2D eigenvalue weighted by Gasteiger charge is -2.43. The Balaban J connectivity index is 1.73. The minimum absolute atomic E-state index is 0.0693. The van der Waals surface area contributed by atoms with Crippen molar-refractivity contribution in [1.82, 2.24) is 0 Å². The highest BCUT2D eigenvalue weighted by molar-refractivity contribution is 5.86. The number of hydrogen-bond acceptors (Lipinski definition) is 14. The first-order valence-corrected chi connectivity index (χ1v) is 15.3. The predicted molar refractivity (Wildman–Crippen MR) is 166 cm³/mol. The Bertz CT molecular complexity index is 1650. The summed E-state index contributed by atoms with van der Waals surface area (Å²) in [6, 6.07) is 13.9. The van der Waals surface area contributed by atoms with Crippen LogP contribution in [-0.4, -0.2) is 67.8 Å². The second-order valence-electron chi connectivity index (χ2n) is 10.9. The molecule has 258 valence electrons. The Morgan fingerprint density at radius 1 is 0.771 bits per heavy atom. The maximum Gasteiger partial charge on any atom is 0.383 e. The van der Waals surface area contributed by atoms with Crippen LogP contribution in [0.5, 0.6) is 17.2 Å². The largest absolute Gasteiger partial charge is 0.484 e. The zero-order chi connectivity index (χ0) is 34.8. The SMILES string of the molecule is CCCCOc1c(OCc2ccccc2)c2ccc(O[C@@H]3O[C@H](COC(C)=O)[C@@H](OC(C)=O)[C@H](OC(C)=O)[C@H]3OC(C)=O)cc2oc1=O. The lowest BCUT2D eigenvalue weighted by molar-refractivity contribution is -0.288. The van der Waals surface area contributed by atoms with Crippen molar-refractivity contribution in [2.45, 2.75) is 84.8 Å². The first-order chi connectivity index (χ1) is 23.0. The van der Waals surface area contributed by atoms with Gasteiger partial charge in [-0.1, -0.05) is 43.7 Å². The molecule has 2 heterocycles. The third-order valence-corrected chi connectivity index (χ3v) is 6.96. The van der Waals surface area contributed by atoms with Gasteiger partial charge in [-0.25, -0.2) is 4.79 Å². The minimum Gasteiger partial charge on any atom is -0.484 e. The second kappa shape index (κ2) is 16.6. The highest BCUT2D eigenvalue weighted by Gasteiger charge is 2.53. The van der Waals surface area contributed by atoms with E-state index in [0.717, 1.165) is 32.8 Å². The molecule has 5 atom stereocenters. The molecule has 1 fully saturated rings. The molecule has 2 aromatic carbocycles. The van der Waals surface area contributed by atoms with E-state index in [1.54, 1.807) is 6.07 Å².